The third-order valence-electron chi connectivity index (χ3n) is 1.14. The first-order valence-electron chi connectivity index (χ1n) is 3.44. The van der Waals surface area contributed by atoms with E-state index in [1.807, 2.05) is 6.92 Å². The summed E-state index contributed by atoms with van der Waals surface area (Å²) in [5.74, 6) is 0. The van der Waals surface area contributed by atoms with Crippen molar-refractivity contribution < 1.29 is 4.74 Å². The zero-order chi connectivity index (χ0) is 8.97. The molecule has 3 nitrogen and oxygen atoms in total. The summed E-state index contributed by atoms with van der Waals surface area (Å²) in [6.45, 7) is 6.36. The maximum absolute atomic E-state index is 5.29. The van der Waals surface area contributed by atoms with Crippen LogP contribution < -0.4 is 4.74 Å². The van der Waals surface area contributed by atoms with Gasteiger partial charge >= 0.3 is 0 Å². The molecule has 0 aliphatic rings. The molecule has 1 heterocycles. The van der Waals surface area contributed by atoms with Crippen LogP contribution >= 0.6 is 27.3 Å². The maximum Gasteiger partial charge on any atom is 0.294 e. The van der Waals surface area contributed by atoms with Crippen LogP contribution in [0.3, 0.4) is 0 Å². The summed E-state index contributed by atoms with van der Waals surface area (Å²) < 4.78 is 6.04. The predicted molar refractivity (Wildman–Crippen MR) is 52.5 cm³/mol. The summed E-state index contributed by atoms with van der Waals surface area (Å²) in [7, 11) is 0. The molecule has 1 rings (SSSR count). The fourth-order valence-corrected chi connectivity index (χ4v) is 1.51. The Hall–Kier alpha value is -0.420. The zero-order valence-corrected chi connectivity index (χ0v) is 9.11. The second-order valence-electron chi connectivity index (χ2n) is 2.38. The molecule has 0 aliphatic heterocycles. The van der Waals surface area contributed by atoms with Gasteiger partial charge < -0.3 is 4.74 Å². The van der Waals surface area contributed by atoms with E-state index in [2.05, 4.69) is 32.7 Å². The molecular formula is C7H9BrN2OS. The van der Waals surface area contributed by atoms with Crippen LogP contribution in [0.25, 0.3) is 0 Å². The minimum atomic E-state index is 0.600. The van der Waals surface area contributed by atoms with Crippen LogP contribution in [0.1, 0.15) is 13.3 Å². The molecule has 0 atom stereocenters. The molecule has 0 N–H and O–H groups in total. The van der Waals surface area contributed by atoms with E-state index in [0.717, 1.165) is 15.9 Å². The Balaban J connectivity index is 2.29. The van der Waals surface area contributed by atoms with Gasteiger partial charge in [0.05, 0.1) is 6.61 Å². The monoisotopic (exact) mass is 248 g/mol. The molecule has 0 radical (unpaired) electrons. The van der Waals surface area contributed by atoms with Crippen molar-refractivity contribution in [3.05, 3.63) is 16.1 Å². The van der Waals surface area contributed by atoms with Crippen LogP contribution in [-0.4, -0.2) is 16.8 Å². The molecule has 1 aromatic rings. The number of halogens is 1. The van der Waals surface area contributed by atoms with Crippen molar-refractivity contribution in [3.8, 4) is 5.19 Å². The highest BCUT2D eigenvalue weighted by Crippen LogP contribution is 2.22. The van der Waals surface area contributed by atoms with Crippen molar-refractivity contribution in [3.63, 3.8) is 0 Å². The fraction of sp³-hybridized carbons (Fsp3) is 0.429. The van der Waals surface area contributed by atoms with E-state index in [4.69, 9.17) is 4.74 Å². The number of hydrogen-bond acceptors (Lipinski definition) is 4. The van der Waals surface area contributed by atoms with Crippen molar-refractivity contribution >= 4 is 27.3 Å². The Labute approximate surface area is 83.6 Å². The van der Waals surface area contributed by atoms with Crippen molar-refractivity contribution in [2.24, 2.45) is 0 Å². The Morgan fingerprint density at radius 1 is 1.67 bits per heavy atom. The zero-order valence-electron chi connectivity index (χ0n) is 6.71. The number of ether oxygens (including phenoxy) is 1. The fourth-order valence-electron chi connectivity index (χ4n) is 0.564. The van der Waals surface area contributed by atoms with Crippen molar-refractivity contribution in [2.45, 2.75) is 13.3 Å². The quantitative estimate of drug-likeness (QED) is 0.769. The second-order valence-corrected chi connectivity index (χ2v) is 4.59. The molecule has 1 aromatic heterocycles. The Bertz CT molecular complexity index is 274. The summed E-state index contributed by atoms with van der Waals surface area (Å²) in [5.41, 5.74) is 1.11. The molecule has 0 saturated carbocycles. The average molecular weight is 249 g/mol. The lowest BCUT2D eigenvalue weighted by atomic mass is 10.3. The first kappa shape index (κ1) is 9.67. The lowest BCUT2D eigenvalue weighted by Crippen LogP contribution is -1.96. The van der Waals surface area contributed by atoms with Gasteiger partial charge in [0.15, 0.2) is 3.92 Å². The molecular weight excluding hydrogens is 240 g/mol. The minimum absolute atomic E-state index is 0.600. The van der Waals surface area contributed by atoms with Crippen LogP contribution in [0.5, 0.6) is 5.19 Å². The molecule has 0 fully saturated rings. The van der Waals surface area contributed by atoms with E-state index < -0.39 is 0 Å². The summed E-state index contributed by atoms with van der Waals surface area (Å²) in [6.07, 6.45) is 0.858. The molecule has 0 aliphatic carbocycles. The van der Waals surface area contributed by atoms with Crippen LogP contribution in [-0.2, 0) is 0 Å². The standard InChI is InChI=1S/C7H9BrN2OS/c1-5(2)3-4-11-7-10-9-6(8)12-7/h1,3-4H2,2H3. The molecule has 0 aromatic carbocycles. The van der Waals surface area contributed by atoms with Crippen LogP contribution in [0.15, 0.2) is 16.1 Å². The summed E-state index contributed by atoms with van der Waals surface area (Å²) in [5, 5.41) is 8.13. The Kier molecular flexibility index (Phi) is 3.68. The number of nitrogens with zero attached hydrogens (tertiary/aromatic N) is 2. The van der Waals surface area contributed by atoms with Crippen LogP contribution in [0.4, 0.5) is 0 Å². The molecule has 66 valence electrons. The van der Waals surface area contributed by atoms with Gasteiger partial charge in [-0.15, -0.1) is 11.7 Å². The first-order chi connectivity index (χ1) is 5.68. The molecule has 0 spiro atoms. The minimum Gasteiger partial charge on any atom is -0.469 e. The second kappa shape index (κ2) is 4.57. The SMILES string of the molecule is C=C(C)CCOc1nnc(Br)s1. The lowest BCUT2D eigenvalue weighted by Gasteiger charge is -1.99. The van der Waals surface area contributed by atoms with Gasteiger partial charge in [0.1, 0.15) is 0 Å². The van der Waals surface area contributed by atoms with Crippen molar-refractivity contribution in [1.29, 1.82) is 0 Å². The molecule has 0 bridgehead atoms. The van der Waals surface area contributed by atoms with Gasteiger partial charge in [0, 0.05) is 6.42 Å². The highest BCUT2D eigenvalue weighted by Gasteiger charge is 2.00. The van der Waals surface area contributed by atoms with Gasteiger partial charge in [0.25, 0.3) is 5.19 Å². The third kappa shape index (κ3) is 3.32. The largest absolute Gasteiger partial charge is 0.469 e. The summed E-state index contributed by atoms with van der Waals surface area (Å²) in [4.78, 5) is 0. The van der Waals surface area contributed by atoms with E-state index in [-0.39, 0.29) is 0 Å². The highest BCUT2D eigenvalue weighted by molar-refractivity contribution is 9.11. The van der Waals surface area contributed by atoms with Gasteiger partial charge in [0.2, 0.25) is 0 Å². The molecule has 0 unspecified atom stereocenters. The van der Waals surface area contributed by atoms with Gasteiger partial charge in [-0.05, 0) is 34.2 Å². The highest BCUT2D eigenvalue weighted by atomic mass is 79.9. The maximum atomic E-state index is 5.29. The topological polar surface area (TPSA) is 35.0 Å². The Morgan fingerprint density at radius 3 is 2.92 bits per heavy atom. The lowest BCUT2D eigenvalue weighted by molar-refractivity contribution is 0.317. The normalized spacial score (nSPS) is 9.83. The van der Waals surface area contributed by atoms with E-state index in [9.17, 15) is 0 Å². The van der Waals surface area contributed by atoms with Gasteiger partial charge in [-0.2, -0.15) is 0 Å². The summed E-state index contributed by atoms with van der Waals surface area (Å²) in [6, 6.07) is 0. The number of rotatable bonds is 4. The Morgan fingerprint density at radius 2 is 2.42 bits per heavy atom. The van der Waals surface area contributed by atoms with E-state index in [1.54, 1.807) is 0 Å². The predicted octanol–water partition coefficient (Wildman–Crippen LogP) is 2.65. The van der Waals surface area contributed by atoms with Gasteiger partial charge in [-0.25, -0.2) is 0 Å². The van der Waals surface area contributed by atoms with Gasteiger partial charge in [-0.3, -0.25) is 0 Å². The molecule has 12 heavy (non-hydrogen) atoms. The van der Waals surface area contributed by atoms with Gasteiger partial charge in [-0.1, -0.05) is 10.7 Å². The smallest absolute Gasteiger partial charge is 0.294 e. The van der Waals surface area contributed by atoms with Crippen molar-refractivity contribution in [1.82, 2.24) is 10.2 Å². The summed E-state index contributed by atoms with van der Waals surface area (Å²) >= 11 is 4.58. The molecule has 0 amide bonds. The average Bonchev–Trinajstić information content (AvgIpc) is 2.35. The molecule has 5 heteroatoms. The number of hydrogen-bond donors (Lipinski definition) is 0. The van der Waals surface area contributed by atoms with Crippen LogP contribution in [0, 0.1) is 0 Å². The third-order valence-corrected chi connectivity index (χ3v) is 2.40. The van der Waals surface area contributed by atoms with E-state index in [0.29, 0.717) is 11.8 Å². The molecule has 0 saturated heterocycles. The van der Waals surface area contributed by atoms with E-state index in [1.165, 1.54) is 11.3 Å². The van der Waals surface area contributed by atoms with Crippen molar-refractivity contribution in [2.75, 3.05) is 6.61 Å². The van der Waals surface area contributed by atoms with E-state index >= 15 is 0 Å². The van der Waals surface area contributed by atoms with Crippen LogP contribution in [0.2, 0.25) is 0 Å². The first-order valence-corrected chi connectivity index (χ1v) is 5.05. The number of aromatic nitrogens is 2.